The standard InChI is InChI=1S/C24H19ClF4N4O2/c25-15-1-4-20(19(8-15)24(27,28)29)33-18-3-2-17(31-13-18)12-32-22(35)23(5-6-23)9-21(34)14-7-16(26)11-30-10-14/h1-4,7-8,10-11,13,33H,5-6,9,12H2,(H,32,35). The number of pyridine rings is 2. The topological polar surface area (TPSA) is 84.0 Å². The zero-order valence-corrected chi connectivity index (χ0v) is 18.9. The number of nitrogens with zero attached hydrogens (tertiary/aromatic N) is 2. The van der Waals surface area contributed by atoms with Crippen molar-refractivity contribution in [3.63, 3.8) is 0 Å². The fourth-order valence-corrected chi connectivity index (χ4v) is 3.76. The van der Waals surface area contributed by atoms with Crippen molar-refractivity contribution in [1.82, 2.24) is 15.3 Å². The van der Waals surface area contributed by atoms with Crippen LogP contribution in [0.4, 0.5) is 28.9 Å². The maximum absolute atomic E-state index is 13.3. The fourth-order valence-electron chi connectivity index (χ4n) is 3.59. The maximum Gasteiger partial charge on any atom is 0.418 e. The molecule has 35 heavy (non-hydrogen) atoms. The second kappa shape index (κ2) is 9.61. The molecule has 0 bridgehead atoms. The molecule has 0 radical (unpaired) electrons. The van der Waals surface area contributed by atoms with E-state index < -0.39 is 23.0 Å². The Kier molecular flexibility index (Phi) is 6.75. The Hall–Kier alpha value is -3.53. The number of aromatic nitrogens is 2. The van der Waals surface area contributed by atoms with Crippen LogP contribution in [-0.4, -0.2) is 21.7 Å². The van der Waals surface area contributed by atoms with E-state index in [9.17, 15) is 27.2 Å². The highest BCUT2D eigenvalue weighted by Crippen LogP contribution is 2.49. The summed E-state index contributed by atoms with van der Waals surface area (Å²) < 4.78 is 53.1. The van der Waals surface area contributed by atoms with E-state index in [-0.39, 0.29) is 40.9 Å². The predicted octanol–water partition coefficient (Wildman–Crippen LogP) is 5.70. The summed E-state index contributed by atoms with van der Waals surface area (Å²) in [4.78, 5) is 33.0. The second-order valence-electron chi connectivity index (χ2n) is 8.31. The number of nitrogens with one attached hydrogen (secondary N) is 2. The van der Waals surface area contributed by atoms with Crippen LogP contribution in [0.1, 0.15) is 40.9 Å². The molecule has 2 aromatic heterocycles. The summed E-state index contributed by atoms with van der Waals surface area (Å²) in [6.45, 7) is 0.0747. The van der Waals surface area contributed by atoms with Crippen molar-refractivity contribution in [2.75, 3.05) is 5.32 Å². The van der Waals surface area contributed by atoms with Crippen LogP contribution in [0.3, 0.4) is 0 Å². The lowest BCUT2D eigenvalue weighted by molar-refractivity contribution is -0.137. The largest absolute Gasteiger partial charge is 0.418 e. The molecule has 0 spiro atoms. The summed E-state index contributed by atoms with van der Waals surface area (Å²) in [5.74, 6) is -1.30. The monoisotopic (exact) mass is 506 g/mol. The number of carbonyl (C=O) groups is 2. The number of hydrogen-bond acceptors (Lipinski definition) is 5. The van der Waals surface area contributed by atoms with Crippen molar-refractivity contribution in [2.45, 2.75) is 32.0 Å². The zero-order valence-electron chi connectivity index (χ0n) is 18.1. The van der Waals surface area contributed by atoms with Gasteiger partial charge in [0, 0.05) is 23.2 Å². The first-order valence-electron chi connectivity index (χ1n) is 10.6. The van der Waals surface area contributed by atoms with E-state index in [4.69, 9.17) is 11.6 Å². The van der Waals surface area contributed by atoms with E-state index in [1.807, 2.05) is 0 Å². The van der Waals surface area contributed by atoms with Gasteiger partial charge >= 0.3 is 6.18 Å². The fraction of sp³-hybridized carbons (Fsp3) is 0.250. The van der Waals surface area contributed by atoms with Gasteiger partial charge in [-0.3, -0.25) is 19.6 Å². The Labute approximate surface area is 202 Å². The Balaban J connectivity index is 1.35. The summed E-state index contributed by atoms with van der Waals surface area (Å²) >= 11 is 5.70. The summed E-state index contributed by atoms with van der Waals surface area (Å²) in [6.07, 6.45) is 0.0384. The van der Waals surface area contributed by atoms with E-state index in [2.05, 4.69) is 20.6 Å². The van der Waals surface area contributed by atoms with Gasteiger partial charge in [0.15, 0.2) is 5.78 Å². The molecule has 0 aliphatic heterocycles. The van der Waals surface area contributed by atoms with Crippen molar-refractivity contribution < 1.29 is 27.2 Å². The second-order valence-corrected chi connectivity index (χ2v) is 8.74. The van der Waals surface area contributed by atoms with Crippen molar-refractivity contribution in [3.8, 4) is 0 Å². The van der Waals surface area contributed by atoms with Crippen LogP contribution in [0.25, 0.3) is 0 Å². The van der Waals surface area contributed by atoms with Crippen LogP contribution >= 0.6 is 11.6 Å². The third-order valence-corrected chi connectivity index (χ3v) is 5.92. The number of hydrogen-bond donors (Lipinski definition) is 2. The molecule has 0 saturated heterocycles. The van der Waals surface area contributed by atoms with Gasteiger partial charge < -0.3 is 10.6 Å². The molecule has 1 amide bonds. The normalized spacial score (nSPS) is 14.3. The molecule has 1 aliphatic carbocycles. The lowest BCUT2D eigenvalue weighted by Gasteiger charge is -2.16. The first-order valence-corrected chi connectivity index (χ1v) is 10.9. The number of anilines is 2. The van der Waals surface area contributed by atoms with Gasteiger partial charge in [-0.1, -0.05) is 11.6 Å². The van der Waals surface area contributed by atoms with Gasteiger partial charge in [0.05, 0.1) is 47.0 Å². The van der Waals surface area contributed by atoms with Gasteiger partial charge in [0.2, 0.25) is 5.91 Å². The van der Waals surface area contributed by atoms with Gasteiger partial charge in [0.1, 0.15) is 5.82 Å². The molecule has 4 rings (SSSR count). The van der Waals surface area contributed by atoms with Gasteiger partial charge in [-0.25, -0.2) is 4.39 Å². The van der Waals surface area contributed by atoms with Gasteiger partial charge in [-0.2, -0.15) is 13.2 Å². The smallest absolute Gasteiger partial charge is 0.354 e. The van der Waals surface area contributed by atoms with Crippen LogP contribution in [0.2, 0.25) is 5.02 Å². The van der Waals surface area contributed by atoms with Crippen LogP contribution < -0.4 is 10.6 Å². The molecule has 1 aromatic carbocycles. The molecule has 1 fully saturated rings. The van der Waals surface area contributed by atoms with E-state index in [1.165, 1.54) is 30.6 Å². The minimum Gasteiger partial charge on any atom is -0.354 e. The molecule has 1 aliphatic rings. The first-order chi connectivity index (χ1) is 16.6. The summed E-state index contributed by atoms with van der Waals surface area (Å²) in [6, 6.07) is 7.61. The minimum absolute atomic E-state index is 0.0326. The Morgan fingerprint density at radius 2 is 1.83 bits per heavy atom. The van der Waals surface area contributed by atoms with Gasteiger partial charge in [0.25, 0.3) is 0 Å². The van der Waals surface area contributed by atoms with Crippen molar-refractivity contribution >= 4 is 34.7 Å². The lowest BCUT2D eigenvalue weighted by Crippen LogP contribution is -2.33. The molecule has 6 nitrogen and oxygen atoms in total. The number of halogens is 5. The average molecular weight is 507 g/mol. The number of alkyl halides is 3. The predicted molar refractivity (Wildman–Crippen MR) is 121 cm³/mol. The van der Waals surface area contributed by atoms with Crippen molar-refractivity contribution in [3.05, 3.63) is 82.6 Å². The van der Waals surface area contributed by atoms with E-state index in [0.29, 0.717) is 24.2 Å². The summed E-state index contributed by atoms with van der Waals surface area (Å²) in [5, 5.41) is 5.39. The van der Waals surface area contributed by atoms with Crippen LogP contribution in [0.15, 0.2) is 55.0 Å². The average Bonchev–Trinajstić information content (AvgIpc) is 3.59. The molecule has 182 valence electrons. The highest BCUT2D eigenvalue weighted by molar-refractivity contribution is 6.30. The summed E-state index contributed by atoms with van der Waals surface area (Å²) in [5.41, 5.74) is -0.997. The molecular formula is C24H19ClF4N4O2. The van der Waals surface area contributed by atoms with Gasteiger partial charge in [-0.15, -0.1) is 0 Å². The van der Waals surface area contributed by atoms with Crippen molar-refractivity contribution in [2.24, 2.45) is 5.41 Å². The van der Waals surface area contributed by atoms with Crippen LogP contribution in [-0.2, 0) is 17.5 Å². The SMILES string of the molecule is O=C(CC1(C(=O)NCc2ccc(Nc3ccc(Cl)cc3C(F)(F)F)cn2)CC1)c1cncc(F)c1. The number of ketones is 1. The Morgan fingerprint density at radius 3 is 2.46 bits per heavy atom. The molecule has 0 unspecified atom stereocenters. The highest BCUT2D eigenvalue weighted by atomic mass is 35.5. The van der Waals surface area contributed by atoms with Crippen LogP contribution in [0.5, 0.6) is 0 Å². The van der Waals surface area contributed by atoms with Gasteiger partial charge in [-0.05, 0) is 49.2 Å². The minimum atomic E-state index is -4.59. The number of amides is 1. The van der Waals surface area contributed by atoms with E-state index in [0.717, 1.165) is 18.3 Å². The lowest BCUT2D eigenvalue weighted by atomic mass is 9.95. The number of rotatable bonds is 8. The molecule has 3 aromatic rings. The van der Waals surface area contributed by atoms with E-state index >= 15 is 0 Å². The first kappa shape index (κ1) is 24.6. The third-order valence-electron chi connectivity index (χ3n) is 5.68. The quantitative estimate of drug-likeness (QED) is 0.302. The molecular weight excluding hydrogens is 488 g/mol. The number of benzene rings is 1. The van der Waals surface area contributed by atoms with E-state index in [1.54, 1.807) is 6.07 Å². The molecule has 2 N–H and O–H groups in total. The highest BCUT2D eigenvalue weighted by Gasteiger charge is 2.51. The zero-order chi connectivity index (χ0) is 25.2. The Bertz CT molecular complexity index is 1260. The summed E-state index contributed by atoms with van der Waals surface area (Å²) in [7, 11) is 0. The number of carbonyl (C=O) groups excluding carboxylic acids is 2. The third kappa shape index (κ3) is 5.94. The molecule has 11 heteroatoms. The molecule has 0 atom stereocenters. The maximum atomic E-state index is 13.3. The van der Waals surface area contributed by atoms with Crippen LogP contribution in [0, 0.1) is 11.2 Å². The number of Topliss-reactive ketones (excluding diaryl/α,β-unsaturated/α-hetero) is 1. The van der Waals surface area contributed by atoms with Crippen molar-refractivity contribution in [1.29, 1.82) is 0 Å². The molecule has 1 saturated carbocycles. The Morgan fingerprint density at radius 1 is 1.06 bits per heavy atom. The molecule has 2 heterocycles.